The van der Waals surface area contributed by atoms with Gasteiger partial charge in [-0.3, -0.25) is 4.99 Å². The summed E-state index contributed by atoms with van der Waals surface area (Å²) in [7, 11) is 0. The van der Waals surface area contributed by atoms with Gasteiger partial charge in [0.15, 0.2) is 0 Å². The fourth-order valence-electron chi connectivity index (χ4n) is 2.31. The smallest absolute Gasteiger partial charge is 0.135 e. The monoisotopic (exact) mass is 223 g/mol. The van der Waals surface area contributed by atoms with E-state index in [1.165, 1.54) is 0 Å². The summed E-state index contributed by atoms with van der Waals surface area (Å²) in [5, 5.41) is 10.9. The maximum atomic E-state index is 10.9. The third-order valence-electron chi connectivity index (χ3n) is 3.21. The largest absolute Gasteiger partial charge is 0.378 e. The summed E-state index contributed by atoms with van der Waals surface area (Å²) >= 11 is 0. The maximum Gasteiger partial charge on any atom is 0.135 e. The Labute approximate surface area is 100 Å². The first-order valence-corrected chi connectivity index (χ1v) is 5.68. The van der Waals surface area contributed by atoms with Gasteiger partial charge >= 0.3 is 0 Å². The molecule has 1 aliphatic rings. The topological polar surface area (TPSA) is 32.6 Å². The van der Waals surface area contributed by atoms with Gasteiger partial charge in [0.05, 0.1) is 6.54 Å². The normalized spacial score (nSPS) is 22.2. The zero-order valence-electron chi connectivity index (χ0n) is 9.38. The van der Waals surface area contributed by atoms with Crippen molar-refractivity contribution in [2.75, 3.05) is 6.54 Å². The summed E-state index contributed by atoms with van der Waals surface area (Å²) in [6.07, 6.45) is 1.83. The number of hydrogen-bond donors (Lipinski definition) is 1. The third kappa shape index (κ3) is 1.58. The van der Waals surface area contributed by atoms with E-state index < -0.39 is 5.60 Å². The van der Waals surface area contributed by atoms with E-state index in [0.29, 0.717) is 6.54 Å². The molecule has 1 atom stereocenters. The first kappa shape index (κ1) is 10.2. The Hall–Kier alpha value is -1.93. The molecule has 1 unspecified atom stereocenters. The third-order valence-corrected chi connectivity index (χ3v) is 3.21. The number of aliphatic hydroxyl groups is 1. The molecule has 0 saturated heterocycles. The summed E-state index contributed by atoms with van der Waals surface area (Å²) in [5.41, 5.74) is 1.82. The Morgan fingerprint density at radius 2 is 1.65 bits per heavy atom. The predicted molar refractivity (Wildman–Crippen MR) is 68.3 cm³/mol. The lowest BCUT2D eigenvalue weighted by Gasteiger charge is -2.31. The zero-order chi connectivity index (χ0) is 11.7. The first-order chi connectivity index (χ1) is 8.31. The average Bonchev–Trinajstić information content (AvgIpc) is 2.40. The second-order valence-electron chi connectivity index (χ2n) is 4.28. The number of nitrogens with zero attached hydrogens (tertiary/aromatic N) is 1. The molecule has 2 aromatic rings. The Bertz CT molecular complexity index is 562. The van der Waals surface area contributed by atoms with E-state index in [1.54, 1.807) is 0 Å². The highest BCUT2D eigenvalue weighted by atomic mass is 16.3. The average molecular weight is 223 g/mol. The number of fused-ring (bicyclic) bond motifs is 1. The van der Waals surface area contributed by atoms with Gasteiger partial charge in [-0.05, 0) is 16.7 Å². The van der Waals surface area contributed by atoms with Crippen molar-refractivity contribution in [3.63, 3.8) is 0 Å². The molecule has 2 nitrogen and oxygen atoms in total. The van der Waals surface area contributed by atoms with Crippen molar-refractivity contribution in [3.05, 3.63) is 71.3 Å². The van der Waals surface area contributed by atoms with E-state index in [9.17, 15) is 5.11 Å². The molecule has 17 heavy (non-hydrogen) atoms. The van der Waals surface area contributed by atoms with Crippen molar-refractivity contribution in [1.29, 1.82) is 0 Å². The summed E-state index contributed by atoms with van der Waals surface area (Å²) in [6, 6.07) is 17.6. The van der Waals surface area contributed by atoms with Crippen LogP contribution < -0.4 is 0 Å². The summed E-state index contributed by atoms with van der Waals surface area (Å²) in [4.78, 5) is 4.27. The molecule has 3 rings (SSSR count). The zero-order valence-corrected chi connectivity index (χ0v) is 9.38. The molecule has 2 heteroatoms. The van der Waals surface area contributed by atoms with Crippen LogP contribution in [0, 0.1) is 0 Å². The lowest BCUT2D eigenvalue weighted by molar-refractivity contribution is 0.0893. The summed E-state index contributed by atoms with van der Waals surface area (Å²) in [5.74, 6) is 0. The molecular formula is C15H13NO. The first-order valence-electron chi connectivity index (χ1n) is 5.68. The van der Waals surface area contributed by atoms with E-state index in [0.717, 1.165) is 16.7 Å². The van der Waals surface area contributed by atoms with Crippen molar-refractivity contribution in [3.8, 4) is 0 Å². The standard InChI is InChI=1S/C15H13NO/c17-15(13-7-2-1-3-8-13)11-16-10-12-6-4-5-9-14(12)15/h1-10,17H,11H2. The van der Waals surface area contributed by atoms with Crippen LogP contribution in [0.4, 0.5) is 0 Å². The van der Waals surface area contributed by atoms with Gasteiger partial charge in [-0.25, -0.2) is 0 Å². The number of benzene rings is 2. The van der Waals surface area contributed by atoms with Gasteiger partial charge < -0.3 is 5.11 Å². The predicted octanol–water partition coefficient (Wildman–Crippen LogP) is 2.36. The van der Waals surface area contributed by atoms with Crippen molar-refractivity contribution >= 4 is 6.21 Å². The second kappa shape index (κ2) is 3.82. The summed E-state index contributed by atoms with van der Waals surface area (Å²) < 4.78 is 0. The lowest BCUT2D eigenvalue weighted by atomic mass is 9.82. The van der Waals surface area contributed by atoms with Crippen LogP contribution in [0.15, 0.2) is 59.6 Å². The van der Waals surface area contributed by atoms with Crippen LogP contribution in [-0.2, 0) is 5.60 Å². The molecular weight excluding hydrogens is 210 g/mol. The number of hydrogen-bond acceptors (Lipinski definition) is 2. The van der Waals surface area contributed by atoms with Gasteiger partial charge in [0.1, 0.15) is 5.60 Å². The van der Waals surface area contributed by atoms with Crippen LogP contribution in [0.2, 0.25) is 0 Å². The number of rotatable bonds is 1. The van der Waals surface area contributed by atoms with Gasteiger partial charge in [-0.2, -0.15) is 0 Å². The van der Waals surface area contributed by atoms with Crippen LogP contribution in [0.3, 0.4) is 0 Å². The molecule has 1 N–H and O–H groups in total. The highest BCUT2D eigenvalue weighted by Crippen LogP contribution is 2.33. The Kier molecular flexibility index (Phi) is 2.30. The van der Waals surface area contributed by atoms with Gasteiger partial charge in [-0.15, -0.1) is 0 Å². The molecule has 84 valence electrons. The molecule has 0 fully saturated rings. The van der Waals surface area contributed by atoms with Gasteiger partial charge in [-0.1, -0.05) is 54.6 Å². The van der Waals surface area contributed by atoms with Crippen LogP contribution in [0.1, 0.15) is 16.7 Å². The molecule has 2 aromatic carbocycles. The second-order valence-corrected chi connectivity index (χ2v) is 4.28. The molecule has 0 aliphatic carbocycles. The van der Waals surface area contributed by atoms with Gasteiger partial charge in [0.25, 0.3) is 0 Å². The van der Waals surface area contributed by atoms with Crippen LogP contribution in [0.25, 0.3) is 0 Å². The summed E-state index contributed by atoms with van der Waals surface area (Å²) in [6.45, 7) is 0.383. The molecule has 0 spiro atoms. The molecule has 0 saturated carbocycles. The van der Waals surface area contributed by atoms with Crippen molar-refractivity contribution in [2.45, 2.75) is 5.60 Å². The molecule has 0 bridgehead atoms. The SMILES string of the molecule is OC1(c2ccccc2)CN=Cc2ccccc21. The van der Waals surface area contributed by atoms with E-state index in [1.807, 2.05) is 60.8 Å². The molecule has 1 heterocycles. The minimum absolute atomic E-state index is 0.383. The van der Waals surface area contributed by atoms with E-state index in [2.05, 4.69) is 4.99 Å². The van der Waals surface area contributed by atoms with Crippen molar-refractivity contribution < 1.29 is 5.11 Å². The molecule has 0 amide bonds. The van der Waals surface area contributed by atoms with Crippen molar-refractivity contribution in [2.24, 2.45) is 4.99 Å². The Balaban J connectivity index is 2.19. The fraction of sp³-hybridized carbons (Fsp3) is 0.133. The minimum Gasteiger partial charge on any atom is -0.378 e. The van der Waals surface area contributed by atoms with Gasteiger partial charge in [0, 0.05) is 6.21 Å². The molecule has 0 aromatic heterocycles. The van der Waals surface area contributed by atoms with Crippen LogP contribution >= 0.6 is 0 Å². The van der Waals surface area contributed by atoms with Crippen molar-refractivity contribution in [1.82, 2.24) is 0 Å². The van der Waals surface area contributed by atoms with Crippen LogP contribution in [-0.4, -0.2) is 17.9 Å². The fourth-order valence-corrected chi connectivity index (χ4v) is 2.31. The highest BCUT2D eigenvalue weighted by molar-refractivity contribution is 5.84. The lowest BCUT2D eigenvalue weighted by Crippen LogP contribution is -2.34. The van der Waals surface area contributed by atoms with Gasteiger partial charge in [0.2, 0.25) is 0 Å². The quantitative estimate of drug-likeness (QED) is 0.790. The number of aliphatic imine (C=N–C) groups is 1. The molecule has 1 aliphatic heterocycles. The van der Waals surface area contributed by atoms with E-state index in [4.69, 9.17) is 0 Å². The van der Waals surface area contributed by atoms with Crippen LogP contribution in [0.5, 0.6) is 0 Å². The maximum absolute atomic E-state index is 10.9. The Morgan fingerprint density at radius 1 is 0.941 bits per heavy atom. The molecule has 0 radical (unpaired) electrons. The minimum atomic E-state index is -0.993. The Morgan fingerprint density at radius 3 is 2.47 bits per heavy atom. The van der Waals surface area contributed by atoms with E-state index in [-0.39, 0.29) is 0 Å². The highest BCUT2D eigenvalue weighted by Gasteiger charge is 2.34. The van der Waals surface area contributed by atoms with E-state index >= 15 is 0 Å².